The van der Waals surface area contributed by atoms with Gasteiger partial charge in [-0.3, -0.25) is 0 Å². The summed E-state index contributed by atoms with van der Waals surface area (Å²) in [6.07, 6.45) is 7.69. The minimum atomic E-state index is -0.727. The van der Waals surface area contributed by atoms with E-state index in [2.05, 4.69) is 6.58 Å². The standard InChI is InChI=1S/C25H30F2O/c1-3-5-9-18-12-14-19(15-13-18)21-16-22(26)24(23(27)17-21)25(28-4-2)20-10-7-6-8-11-20/h3,6-8,10-11,16-19,25H,1,4-5,9,12-15H2,2H3. The van der Waals surface area contributed by atoms with Gasteiger partial charge in [0.15, 0.2) is 0 Å². The van der Waals surface area contributed by atoms with Crippen LogP contribution in [0.1, 0.15) is 74.2 Å². The van der Waals surface area contributed by atoms with Gasteiger partial charge in [0.1, 0.15) is 17.7 Å². The normalized spacial score (nSPS) is 20.7. The molecule has 1 aliphatic rings. The van der Waals surface area contributed by atoms with Gasteiger partial charge in [0, 0.05) is 6.61 Å². The Morgan fingerprint density at radius 2 is 1.71 bits per heavy atom. The summed E-state index contributed by atoms with van der Waals surface area (Å²) in [5, 5.41) is 0. The molecule has 0 N–H and O–H groups in total. The van der Waals surface area contributed by atoms with Crippen LogP contribution in [0.2, 0.25) is 0 Å². The number of halogens is 2. The van der Waals surface area contributed by atoms with E-state index in [1.165, 1.54) is 18.6 Å². The number of allylic oxidation sites excluding steroid dienone is 1. The molecule has 0 spiro atoms. The zero-order valence-corrected chi connectivity index (χ0v) is 16.7. The van der Waals surface area contributed by atoms with Crippen molar-refractivity contribution >= 4 is 0 Å². The SMILES string of the molecule is C=CCCC1CCC(c2cc(F)c(C(OCC)c3ccccc3)c(F)c2)CC1. The first-order valence-electron chi connectivity index (χ1n) is 10.4. The quantitative estimate of drug-likeness (QED) is 0.433. The second-order valence-electron chi connectivity index (χ2n) is 7.73. The van der Waals surface area contributed by atoms with Gasteiger partial charge >= 0.3 is 0 Å². The van der Waals surface area contributed by atoms with Crippen molar-refractivity contribution in [3.05, 3.63) is 83.4 Å². The van der Waals surface area contributed by atoms with Crippen LogP contribution >= 0.6 is 0 Å². The summed E-state index contributed by atoms with van der Waals surface area (Å²) in [7, 11) is 0. The first-order valence-corrected chi connectivity index (χ1v) is 10.4. The Kier molecular flexibility index (Phi) is 7.38. The molecule has 1 fully saturated rings. The van der Waals surface area contributed by atoms with Crippen LogP contribution in [0.15, 0.2) is 55.1 Å². The van der Waals surface area contributed by atoms with E-state index in [0.717, 1.165) is 43.2 Å². The highest BCUT2D eigenvalue weighted by Crippen LogP contribution is 2.39. The lowest BCUT2D eigenvalue weighted by Crippen LogP contribution is -2.15. The van der Waals surface area contributed by atoms with Gasteiger partial charge in [-0.25, -0.2) is 8.78 Å². The summed E-state index contributed by atoms with van der Waals surface area (Å²) < 4.78 is 35.8. The maximum absolute atomic E-state index is 15.0. The number of benzene rings is 2. The van der Waals surface area contributed by atoms with E-state index in [1.54, 1.807) is 0 Å². The third kappa shape index (κ3) is 4.88. The van der Waals surface area contributed by atoms with Crippen molar-refractivity contribution in [2.45, 2.75) is 57.5 Å². The van der Waals surface area contributed by atoms with Crippen LogP contribution in [-0.4, -0.2) is 6.61 Å². The highest BCUT2D eigenvalue weighted by molar-refractivity contribution is 5.36. The molecule has 1 unspecified atom stereocenters. The average molecular weight is 385 g/mol. The molecule has 0 radical (unpaired) electrons. The lowest BCUT2D eigenvalue weighted by Gasteiger charge is -2.29. The molecule has 1 aliphatic carbocycles. The van der Waals surface area contributed by atoms with E-state index in [0.29, 0.717) is 12.5 Å². The van der Waals surface area contributed by atoms with Gasteiger partial charge in [-0.2, -0.15) is 0 Å². The Morgan fingerprint density at radius 1 is 1.07 bits per heavy atom. The summed E-state index contributed by atoms with van der Waals surface area (Å²) >= 11 is 0. The van der Waals surface area contributed by atoms with Gasteiger partial charge in [0.05, 0.1) is 5.56 Å². The molecule has 0 saturated heterocycles. The second-order valence-corrected chi connectivity index (χ2v) is 7.73. The highest BCUT2D eigenvalue weighted by Gasteiger charge is 2.27. The molecule has 0 aliphatic heterocycles. The topological polar surface area (TPSA) is 9.23 Å². The number of hydrogen-bond donors (Lipinski definition) is 0. The highest BCUT2D eigenvalue weighted by atomic mass is 19.1. The fraction of sp³-hybridized carbons (Fsp3) is 0.440. The van der Waals surface area contributed by atoms with Crippen LogP contribution < -0.4 is 0 Å². The molecule has 2 aromatic rings. The maximum atomic E-state index is 15.0. The molecule has 0 aromatic heterocycles. The smallest absolute Gasteiger partial charge is 0.132 e. The van der Waals surface area contributed by atoms with Crippen molar-refractivity contribution in [1.82, 2.24) is 0 Å². The van der Waals surface area contributed by atoms with Crippen molar-refractivity contribution in [3.8, 4) is 0 Å². The zero-order valence-electron chi connectivity index (χ0n) is 16.7. The van der Waals surface area contributed by atoms with Crippen molar-refractivity contribution in [2.75, 3.05) is 6.61 Å². The molecule has 3 heteroatoms. The third-order valence-electron chi connectivity index (χ3n) is 5.90. The summed E-state index contributed by atoms with van der Waals surface area (Å²) in [5.74, 6) is -0.0684. The van der Waals surface area contributed by atoms with E-state index in [-0.39, 0.29) is 11.5 Å². The van der Waals surface area contributed by atoms with Crippen molar-refractivity contribution < 1.29 is 13.5 Å². The molecule has 0 bridgehead atoms. The lowest BCUT2D eigenvalue weighted by atomic mass is 9.77. The Bertz CT molecular complexity index is 740. The molecule has 1 atom stereocenters. The fourth-order valence-corrected chi connectivity index (χ4v) is 4.37. The third-order valence-corrected chi connectivity index (χ3v) is 5.90. The zero-order chi connectivity index (χ0) is 19.9. The maximum Gasteiger partial charge on any atom is 0.132 e. The van der Waals surface area contributed by atoms with Crippen LogP contribution in [0.4, 0.5) is 8.78 Å². The minimum absolute atomic E-state index is 0.0106. The predicted molar refractivity (Wildman–Crippen MR) is 110 cm³/mol. The largest absolute Gasteiger partial charge is 0.369 e. The molecule has 3 rings (SSSR count). The van der Waals surface area contributed by atoms with E-state index in [4.69, 9.17) is 4.74 Å². The Morgan fingerprint density at radius 3 is 2.29 bits per heavy atom. The van der Waals surface area contributed by atoms with Gasteiger partial charge in [-0.1, -0.05) is 36.4 Å². The summed E-state index contributed by atoms with van der Waals surface area (Å²) in [6, 6.07) is 12.3. The van der Waals surface area contributed by atoms with Crippen LogP contribution in [0.25, 0.3) is 0 Å². The van der Waals surface area contributed by atoms with Crippen LogP contribution in [0, 0.1) is 17.6 Å². The van der Waals surface area contributed by atoms with Gasteiger partial charge < -0.3 is 4.74 Å². The predicted octanol–water partition coefficient (Wildman–Crippen LogP) is 7.33. The van der Waals surface area contributed by atoms with Crippen LogP contribution in [0.5, 0.6) is 0 Å². The first kappa shape index (κ1) is 20.7. The van der Waals surface area contributed by atoms with E-state index < -0.39 is 17.7 Å². The average Bonchev–Trinajstić information content (AvgIpc) is 2.72. The first-order chi connectivity index (χ1) is 13.6. The summed E-state index contributed by atoms with van der Waals surface area (Å²) in [4.78, 5) is 0. The molecule has 1 nitrogen and oxygen atoms in total. The van der Waals surface area contributed by atoms with E-state index in [9.17, 15) is 0 Å². The second kappa shape index (κ2) is 9.97. The van der Waals surface area contributed by atoms with Crippen LogP contribution in [-0.2, 0) is 4.74 Å². The Balaban J connectivity index is 1.80. The summed E-state index contributed by atoms with van der Waals surface area (Å²) in [6.45, 7) is 6.01. The van der Waals surface area contributed by atoms with Gasteiger partial charge in [-0.05, 0) is 80.5 Å². The van der Waals surface area contributed by atoms with Crippen molar-refractivity contribution in [2.24, 2.45) is 5.92 Å². The Hall–Kier alpha value is -2.00. The van der Waals surface area contributed by atoms with Gasteiger partial charge in [-0.15, -0.1) is 6.58 Å². The number of rotatable bonds is 8. The lowest BCUT2D eigenvalue weighted by molar-refractivity contribution is 0.0858. The van der Waals surface area contributed by atoms with E-state index >= 15 is 8.78 Å². The van der Waals surface area contributed by atoms with Gasteiger partial charge in [0.2, 0.25) is 0 Å². The van der Waals surface area contributed by atoms with E-state index in [1.807, 2.05) is 43.3 Å². The van der Waals surface area contributed by atoms with Crippen molar-refractivity contribution in [1.29, 1.82) is 0 Å². The molecule has 28 heavy (non-hydrogen) atoms. The molecule has 0 amide bonds. The summed E-state index contributed by atoms with van der Waals surface area (Å²) in [5.41, 5.74) is 1.55. The molecule has 2 aromatic carbocycles. The monoisotopic (exact) mass is 384 g/mol. The molecule has 0 heterocycles. The fourth-order valence-electron chi connectivity index (χ4n) is 4.37. The Labute approximate surface area is 167 Å². The molecular weight excluding hydrogens is 354 g/mol. The minimum Gasteiger partial charge on any atom is -0.369 e. The number of hydrogen-bond acceptors (Lipinski definition) is 1. The van der Waals surface area contributed by atoms with Crippen molar-refractivity contribution in [3.63, 3.8) is 0 Å². The molecule has 150 valence electrons. The van der Waals surface area contributed by atoms with Gasteiger partial charge in [0.25, 0.3) is 0 Å². The molecular formula is C25H30F2O. The van der Waals surface area contributed by atoms with Crippen LogP contribution in [0.3, 0.4) is 0 Å². The number of ether oxygens (including phenoxy) is 1. The molecule has 1 saturated carbocycles.